The number of benzene rings is 1. The summed E-state index contributed by atoms with van der Waals surface area (Å²) < 4.78 is 5.25. The highest BCUT2D eigenvalue weighted by atomic mass is 16.6. The highest BCUT2D eigenvalue weighted by Crippen LogP contribution is 2.28. The molecule has 0 aliphatic carbocycles. The van der Waals surface area contributed by atoms with Crippen LogP contribution < -0.4 is 16.0 Å². The summed E-state index contributed by atoms with van der Waals surface area (Å²) in [5.74, 6) is 0.367. The normalized spacial score (nSPS) is 18.1. The zero-order chi connectivity index (χ0) is 17.0. The Hall–Kier alpha value is -1.95. The number of aliphatic hydroxyl groups is 1. The van der Waals surface area contributed by atoms with E-state index in [1.54, 1.807) is 0 Å². The van der Waals surface area contributed by atoms with Gasteiger partial charge in [-0.15, -0.1) is 0 Å². The van der Waals surface area contributed by atoms with Gasteiger partial charge < -0.3 is 25.8 Å². The largest absolute Gasteiger partial charge is 0.444 e. The van der Waals surface area contributed by atoms with Gasteiger partial charge in [-0.3, -0.25) is 0 Å². The summed E-state index contributed by atoms with van der Waals surface area (Å²) in [5, 5.41) is 12.3. The number of rotatable bonds is 4. The molecule has 1 saturated heterocycles. The van der Waals surface area contributed by atoms with E-state index in [-0.39, 0.29) is 12.7 Å². The summed E-state index contributed by atoms with van der Waals surface area (Å²) >= 11 is 0. The summed E-state index contributed by atoms with van der Waals surface area (Å²) in [4.78, 5) is 13.9. The molecule has 1 amide bonds. The molecule has 1 atom stereocenters. The van der Waals surface area contributed by atoms with E-state index in [2.05, 4.69) is 10.2 Å². The summed E-state index contributed by atoms with van der Waals surface area (Å²) in [7, 11) is 0. The molecule has 1 aromatic carbocycles. The van der Waals surface area contributed by atoms with Crippen molar-refractivity contribution in [2.75, 3.05) is 30.3 Å². The van der Waals surface area contributed by atoms with E-state index in [0.29, 0.717) is 18.2 Å². The molecule has 0 aromatic heterocycles. The molecule has 0 bridgehead atoms. The minimum Gasteiger partial charge on any atom is -0.444 e. The van der Waals surface area contributed by atoms with E-state index < -0.39 is 5.60 Å². The number of amides is 1. The molecule has 1 aliphatic heterocycles. The van der Waals surface area contributed by atoms with Crippen LogP contribution in [0.4, 0.5) is 16.2 Å². The number of hydrogen-bond donors (Lipinski definition) is 3. The maximum Gasteiger partial charge on any atom is 0.407 e. The lowest BCUT2D eigenvalue weighted by molar-refractivity contribution is 0.0520. The van der Waals surface area contributed by atoms with E-state index in [4.69, 9.17) is 10.5 Å². The van der Waals surface area contributed by atoms with Gasteiger partial charge in [0.05, 0.1) is 6.61 Å². The Labute approximate surface area is 137 Å². The Morgan fingerprint density at radius 2 is 2.22 bits per heavy atom. The minimum atomic E-state index is -0.480. The highest BCUT2D eigenvalue weighted by molar-refractivity contribution is 5.67. The lowest BCUT2D eigenvalue weighted by atomic mass is 10.1. The molecule has 6 nitrogen and oxygen atoms in total. The first kappa shape index (κ1) is 17.4. The van der Waals surface area contributed by atoms with Crippen molar-refractivity contribution in [2.24, 2.45) is 5.92 Å². The molecular formula is C17H27N3O3. The van der Waals surface area contributed by atoms with E-state index >= 15 is 0 Å². The molecule has 128 valence electrons. The number of anilines is 2. The van der Waals surface area contributed by atoms with Gasteiger partial charge in [-0.2, -0.15) is 0 Å². The fraction of sp³-hybridized carbons (Fsp3) is 0.588. The standard InChI is InChI=1S/C17H27N3O3/c1-17(2,3)23-16(22)19-9-12-6-7-20(10-12)15-5-4-14(18)8-13(15)11-21/h4-5,8,12,21H,6-7,9-11,18H2,1-3H3,(H,19,22). The van der Waals surface area contributed by atoms with E-state index in [0.717, 1.165) is 30.8 Å². The van der Waals surface area contributed by atoms with Crippen molar-refractivity contribution in [1.82, 2.24) is 5.32 Å². The van der Waals surface area contributed by atoms with Gasteiger partial charge in [0.2, 0.25) is 0 Å². The van der Waals surface area contributed by atoms with Crippen LogP contribution in [0.5, 0.6) is 0 Å². The molecular weight excluding hydrogens is 294 g/mol. The molecule has 1 aliphatic rings. The van der Waals surface area contributed by atoms with Gasteiger partial charge in [-0.25, -0.2) is 4.79 Å². The van der Waals surface area contributed by atoms with Crippen molar-refractivity contribution < 1.29 is 14.6 Å². The van der Waals surface area contributed by atoms with E-state index in [9.17, 15) is 9.90 Å². The van der Waals surface area contributed by atoms with Crippen LogP contribution in [0.15, 0.2) is 18.2 Å². The molecule has 0 radical (unpaired) electrons. The molecule has 0 spiro atoms. The lowest BCUT2D eigenvalue weighted by Crippen LogP contribution is -2.36. The van der Waals surface area contributed by atoms with Crippen LogP contribution in [-0.4, -0.2) is 36.4 Å². The Morgan fingerprint density at radius 3 is 2.87 bits per heavy atom. The molecule has 1 heterocycles. The van der Waals surface area contributed by atoms with Crippen molar-refractivity contribution in [3.63, 3.8) is 0 Å². The zero-order valence-corrected chi connectivity index (χ0v) is 14.1. The van der Waals surface area contributed by atoms with Crippen LogP contribution in [0.1, 0.15) is 32.8 Å². The van der Waals surface area contributed by atoms with Gasteiger partial charge in [-0.1, -0.05) is 0 Å². The van der Waals surface area contributed by atoms with Crippen molar-refractivity contribution in [1.29, 1.82) is 0 Å². The van der Waals surface area contributed by atoms with Crippen molar-refractivity contribution in [3.05, 3.63) is 23.8 Å². The van der Waals surface area contributed by atoms with Crippen LogP contribution in [-0.2, 0) is 11.3 Å². The summed E-state index contributed by atoms with van der Waals surface area (Å²) in [6.07, 6.45) is 0.616. The van der Waals surface area contributed by atoms with Crippen molar-refractivity contribution in [2.45, 2.75) is 39.4 Å². The third-order valence-corrected chi connectivity index (χ3v) is 3.83. The first-order valence-corrected chi connectivity index (χ1v) is 7.99. The average molecular weight is 321 g/mol. The fourth-order valence-electron chi connectivity index (χ4n) is 2.80. The Morgan fingerprint density at radius 1 is 1.48 bits per heavy atom. The Kier molecular flexibility index (Phi) is 5.36. The number of carbonyl (C=O) groups excluding carboxylic acids is 1. The lowest BCUT2D eigenvalue weighted by Gasteiger charge is -2.23. The number of nitrogens with two attached hydrogens (primary N) is 1. The van der Waals surface area contributed by atoms with Gasteiger partial charge in [-0.05, 0) is 51.3 Å². The molecule has 1 fully saturated rings. The number of aliphatic hydroxyl groups excluding tert-OH is 1. The monoisotopic (exact) mass is 321 g/mol. The number of nitrogens with zero attached hydrogens (tertiary/aromatic N) is 1. The molecule has 2 rings (SSSR count). The number of alkyl carbamates (subject to hydrolysis) is 1. The van der Waals surface area contributed by atoms with Crippen LogP contribution >= 0.6 is 0 Å². The molecule has 4 N–H and O–H groups in total. The molecule has 1 aromatic rings. The van der Waals surface area contributed by atoms with Gasteiger partial charge in [0.15, 0.2) is 0 Å². The predicted molar refractivity (Wildman–Crippen MR) is 91.3 cm³/mol. The van der Waals surface area contributed by atoms with Gasteiger partial charge >= 0.3 is 6.09 Å². The van der Waals surface area contributed by atoms with Crippen LogP contribution in [0.2, 0.25) is 0 Å². The molecule has 6 heteroatoms. The third-order valence-electron chi connectivity index (χ3n) is 3.83. The fourth-order valence-corrected chi connectivity index (χ4v) is 2.80. The van der Waals surface area contributed by atoms with E-state index in [1.807, 2.05) is 39.0 Å². The maximum absolute atomic E-state index is 11.7. The van der Waals surface area contributed by atoms with Gasteiger partial charge in [0.25, 0.3) is 0 Å². The quantitative estimate of drug-likeness (QED) is 0.739. The molecule has 0 saturated carbocycles. The van der Waals surface area contributed by atoms with Crippen molar-refractivity contribution in [3.8, 4) is 0 Å². The van der Waals surface area contributed by atoms with Crippen LogP contribution in [0.25, 0.3) is 0 Å². The summed E-state index contributed by atoms with van der Waals surface area (Å²) in [5.41, 5.74) is 7.80. The van der Waals surface area contributed by atoms with Crippen LogP contribution in [0, 0.1) is 5.92 Å². The zero-order valence-electron chi connectivity index (χ0n) is 14.1. The Balaban J connectivity index is 1.88. The first-order chi connectivity index (χ1) is 10.8. The number of nitrogen functional groups attached to an aromatic ring is 1. The van der Waals surface area contributed by atoms with Crippen LogP contribution in [0.3, 0.4) is 0 Å². The SMILES string of the molecule is CC(C)(C)OC(=O)NCC1CCN(c2ccc(N)cc2CO)C1. The number of hydrogen-bond acceptors (Lipinski definition) is 5. The average Bonchev–Trinajstić information content (AvgIpc) is 2.92. The van der Waals surface area contributed by atoms with Crippen molar-refractivity contribution >= 4 is 17.5 Å². The predicted octanol–water partition coefficient (Wildman–Crippen LogP) is 2.11. The number of carbonyl (C=O) groups is 1. The number of ether oxygens (including phenoxy) is 1. The van der Waals surface area contributed by atoms with Gasteiger partial charge in [0, 0.05) is 36.6 Å². The van der Waals surface area contributed by atoms with E-state index in [1.165, 1.54) is 0 Å². The Bertz CT molecular complexity index is 555. The highest BCUT2D eigenvalue weighted by Gasteiger charge is 2.25. The first-order valence-electron chi connectivity index (χ1n) is 7.99. The third kappa shape index (κ3) is 5.03. The minimum absolute atomic E-state index is 0.0301. The smallest absolute Gasteiger partial charge is 0.407 e. The molecule has 23 heavy (non-hydrogen) atoms. The second-order valence-corrected chi connectivity index (χ2v) is 7.03. The molecule has 1 unspecified atom stereocenters. The second kappa shape index (κ2) is 7.08. The topological polar surface area (TPSA) is 87.8 Å². The second-order valence-electron chi connectivity index (χ2n) is 7.03. The summed E-state index contributed by atoms with van der Waals surface area (Å²) in [6.45, 7) is 7.85. The maximum atomic E-state index is 11.7. The number of nitrogens with one attached hydrogen (secondary N) is 1. The summed E-state index contributed by atoms with van der Waals surface area (Å²) in [6, 6.07) is 5.60. The van der Waals surface area contributed by atoms with Gasteiger partial charge in [0.1, 0.15) is 5.60 Å².